The van der Waals surface area contributed by atoms with E-state index in [-0.39, 0.29) is 5.91 Å². The maximum atomic E-state index is 12.5. The van der Waals surface area contributed by atoms with Gasteiger partial charge in [-0.25, -0.2) is 4.79 Å². The van der Waals surface area contributed by atoms with Gasteiger partial charge >= 0.3 is 5.97 Å². The van der Waals surface area contributed by atoms with Gasteiger partial charge in [0.1, 0.15) is 11.9 Å². The van der Waals surface area contributed by atoms with Crippen molar-refractivity contribution in [2.24, 2.45) is 0 Å². The van der Waals surface area contributed by atoms with Crippen molar-refractivity contribution in [3.8, 4) is 5.75 Å². The van der Waals surface area contributed by atoms with Gasteiger partial charge in [0.25, 0.3) is 5.91 Å². The maximum Gasteiger partial charge on any atom is 0.343 e. The number of hydrogen-bond donors (Lipinski definition) is 1. The standard InChI is InChI=1S/C22H19NO4/c24-21(20-9-4-12-26-20)23-18-8-3-7-17(13-18)22(25)27-19-11-10-15-5-1-2-6-16(15)14-19/h1-3,5-8,10-11,13-14,20H,4,9,12H2,(H,23,24). The molecule has 0 radical (unpaired) electrons. The number of anilines is 1. The number of carbonyl (C=O) groups is 2. The van der Waals surface area contributed by atoms with E-state index in [0.29, 0.717) is 23.6 Å². The fourth-order valence-electron chi connectivity index (χ4n) is 3.13. The Bertz CT molecular complexity index is 992. The second-order valence-corrected chi connectivity index (χ2v) is 6.47. The smallest absolute Gasteiger partial charge is 0.343 e. The summed E-state index contributed by atoms with van der Waals surface area (Å²) in [7, 11) is 0. The monoisotopic (exact) mass is 361 g/mol. The lowest BCUT2D eigenvalue weighted by Crippen LogP contribution is -2.26. The lowest BCUT2D eigenvalue weighted by molar-refractivity contribution is -0.124. The number of benzene rings is 3. The molecule has 5 nitrogen and oxygen atoms in total. The third-order valence-corrected chi connectivity index (χ3v) is 4.52. The van der Waals surface area contributed by atoms with Gasteiger partial charge in [-0.1, -0.05) is 36.4 Å². The average Bonchev–Trinajstić information content (AvgIpc) is 3.23. The Labute approximate surface area is 156 Å². The van der Waals surface area contributed by atoms with Gasteiger partial charge in [0.2, 0.25) is 0 Å². The average molecular weight is 361 g/mol. The number of fused-ring (bicyclic) bond motifs is 1. The molecule has 1 aliphatic rings. The molecule has 1 aliphatic heterocycles. The Morgan fingerprint density at radius 3 is 2.63 bits per heavy atom. The van der Waals surface area contributed by atoms with E-state index in [9.17, 15) is 9.59 Å². The SMILES string of the molecule is O=C(Oc1ccc2ccccc2c1)c1cccc(NC(=O)C2CCCO2)c1. The Hall–Kier alpha value is -3.18. The van der Waals surface area contributed by atoms with Crippen LogP contribution in [0.2, 0.25) is 0 Å². The highest BCUT2D eigenvalue weighted by Gasteiger charge is 2.23. The van der Waals surface area contributed by atoms with Crippen molar-refractivity contribution in [3.05, 3.63) is 72.3 Å². The number of amides is 1. The van der Waals surface area contributed by atoms with Crippen molar-refractivity contribution in [3.63, 3.8) is 0 Å². The van der Waals surface area contributed by atoms with E-state index in [1.807, 2.05) is 36.4 Å². The van der Waals surface area contributed by atoms with Crippen molar-refractivity contribution in [2.75, 3.05) is 11.9 Å². The van der Waals surface area contributed by atoms with E-state index in [1.165, 1.54) is 0 Å². The van der Waals surface area contributed by atoms with Crippen LogP contribution in [0.5, 0.6) is 5.75 Å². The summed E-state index contributed by atoms with van der Waals surface area (Å²) in [4.78, 5) is 24.6. The Morgan fingerprint density at radius 2 is 1.81 bits per heavy atom. The van der Waals surface area contributed by atoms with Crippen LogP contribution in [0.25, 0.3) is 10.8 Å². The van der Waals surface area contributed by atoms with Crippen molar-refractivity contribution in [1.82, 2.24) is 0 Å². The van der Waals surface area contributed by atoms with Crippen molar-refractivity contribution >= 4 is 28.3 Å². The molecular weight excluding hydrogens is 342 g/mol. The van der Waals surface area contributed by atoms with Crippen LogP contribution in [0.3, 0.4) is 0 Å². The highest BCUT2D eigenvalue weighted by Crippen LogP contribution is 2.22. The summed E-state index contributed by atoms with van der Waals surface area (Å²) in [5, 5.41) is 4.88. The van der Waals surface area contributed by atoms with Gasteiger partial charge < -0.3 is 14.8 Å². The van der Waals surface area contributed by atoms with Crippen LogP contribution in [0.4, 0.5) is 5.69 Å². The summed E-state index contributed by atoms with van der Waals surface area (Å²) >= 11 is 0. The molecule has 3 aromatic rings. The van der Waals surface area contributed by atoms with Crippen molar-refractivity contribution < 1.29 is 19.1 Å². The zero-order valence-corrected chi connectivity index (χ0v) is 14.7. The zero-order chi connectivity index (χ0) is 18.6. The molecule has 1 amide bonds. The second kappa shape index (κ2) is 7.60. The van der Waals surface area contributed by atoms with E-state index in [4.69, 9.17) is 9.47 Å². The molecule has 0 saturated carbocycles. The Morgan fingerprint density at radius 1 is 0.963 bits per heavy atom. The van der Waals surface area contributed by atoms with Crippen LogP contribution in [0, 0.1) is 0 Å². The summed E-state index contributed by atoms with van der Waals surface area (Å²) in [5.74, 6) is -0.182. The van der Waals surface area contributed by atoms with Crippen LogP contribution in [-0.2, 0) is 9.53 Å². The molecule has 0 bridgehead atoms. The molecule has 4 rings (SSSR count). The van der Waals surface area contributed by atoms with Gasteiger partial charge in [0, 0.05) is 12.3 Å². The minimum Gasteiger partial charge on any atom is -0.423 e. The summed E-state index contributed by atoms with van der Waals surface area (Å²) in [6, 6.07) is 20.1. The summed E-state index contributed by atoms with van der Waals surface area (Å²) < 4.78 is 10.9. The number of hydrogen-bond acceptors (Lipinski definition) is 4. The van der Waals surface area contributed by atoms with Crippen LogP contribution in [0.1, 0.15) is 23.2 Å². The zero-order valence-electron chi connectivity index (χ0n) is 14.7. The summed E-state index contributed by atoms with van der Waals surface area (Å²) in [6.07, 6.45) is 1.18. The Balaban J connectivity index is 1.47. The quantitative estimate of drug-likeness (QED) is 0.559. The van der Waals surface area contributed by atoms with E-state index < -0.39 is 12.1 Å². The van der Waals surface area contributed by atoms with E-state index >= 15 is 0 Å². The molecule has 1 atom stereocenters. The largest absolute Gasteiger partial charge is 0.423 e. The minimum absolute atomic E-state index is 0.187. The molecule has 136 valence electrons. The normalized spacial score (nSPS) is 16.2. The predicted molar refractivity (Wildman–Crippen MR) is 103 cm³/mol. The molecule has 3 aromatic carbocycles. The highest BCUT2D eigenvalue weighted by atomic mass is 16.5. The summed E-state index contributed by atoms with van der Waals surface area (Å²) in [5.41, 5.74) is 0.914. The molecule has 5 heteroatoms. The van der Waals surface area contributed by atoms with Gasteiger partial charge in [-0.2, -0.15) is 0 Å². The minimum atomic E-state index is -0.474. The molecule has 1 unspecified atom stereocenters. The number of esters is 1. The molecule has 0 spiro atoms. The number of nitrogens with one attached hydrogen (secondary N) is 1. The first-order valence-electron chi connectivity index (χ1n) is 8.92. The van der Waals surface area contributed by atoms with Crippen LogP contribution < -0.4 is 10.1 Å². The van der Waals surface area contributed by atoms with Gasteiger partial charge in [-0.3, -0.25) is 4.79 Å². The topological polar surface area (TPSA) is 64.6 Å². The lowest BCUT2D eigenvalue weighted by atomic mass is 10.1. The van der Waals surface area contributed by atoms with Crippen molar-refractivity contribution in [1.29, 1.82) is 0 Å². The highest BCUT2D eigenvalue weighted by molar-refractivity contribution is 5.97. The van der Waals surface area contributed by atoms with Crippen LogP contribution >= 0.6 is 0 Å². The molecule has 1 saturated heterocycles. The predicted octanol–water partition coefficient (Wildman–Crippen LogP) is 4.18. The Kier molecular flexibility index (Phi) is 4.85. The van der Waals surface area contributed by atoms with E-state index in [1.54, 1.807) is 30.3 Å². The fraction of sp³-hybridized carbons (Fsp3) is 0.182. The van der Waals surface area contributed by atoms with E-state index in [0.717, 1.165) is 23.6 Å². The maximum absolute atomic E-state index is 12.5. The van der Waals surface area contributed by atoms with E-state index in [2.05, 4.69) is 5.32 Å². The first kappa shape index (κ1) is 17.2. The van der Waals surface area contributed by atoms with Gasteiger partial charge in [-0.15, -0.1) is 0 Å². The molecule has 1 fully saturated rings. The third kappa shape index (κ3) is 3.99. The number of rotatable bonds is 4. The molecular formula is C22H19NO4. The lowest BCUT2D eigenvalue weighted by Gasteiger charge is -2.11. The molecule has 27 heavy (non-hydrogen) atoms. The molecule has 1 N–H and O–H groups in total. The van der Waals surface area contributed by atoms with Crippen LogP contribution in [0.15, 0.2) is 66.7 Å². The molecule has 0 aliphatic carbocycles. The summed E-state index contributed by atoms with van der Waals surface area (Å²) in [6.45, 7) is 0.607. The fourth-order valence-corrected chi connectivity index (χ4v) is 3.13. The number of carbonyl (C=O) groups excluding carboxylic acids is 2. The van der Waals surface area contributed by atoms with Gasteiger partial charge in [0.05, 0.1) is 5.56 Å². The third-order valence-electron chi connectivity index (χ3n) is 4.52. The molecule has 1 heterocycles. The second-order valence-electron chi connectivity index (χ2n) is 6.47. The van der Waals surface area contributed by atoms with Gasteiger partial charge in [-0.05, 0) is 53.9 Å². The van der Waals surface area contributed by atoms with Gasteiger partial charge in [0.15, 0.2) is 0 Å². The molecule has 0 aromatic heterocycles. The first-order chi connectivity index (χ1) is 13.2. The van der Waals surface area contributed by atoms with Crippen molar-refractivity contribution in [2.45, 2.75) is 18.9 Å². The van der Waals surface area contributed by atoms with Crippen LogP contribution in [-0.4, -0.2) is 24.6 Å². The number of ether oxygens (including phenoxy) is 2. The first-order valence-corrected chi connectivity index (χ1v) is 8.92.